The van der Waals surface area contributed by atoms with Crippen molar-refractivity contribution in [3.8, 4) is 0 Å². The molecule has 5 unspecified atom stereocenters. The molecule has 5 atom stereocenters. The minimum absolute atomic E-state index is 0.136. The van der Waals surface area contributed by atoms with E-state index in [0.29, 0.717) is 25.2 Å². The van der Waals surface area contributed by atoms with Gasteiger partial charge in [0.25, 0.3) is 0 Å². The first-order valence-electron chi connectivity index (χ1n) is 8.44. The number of hydrogen-bond acceptors (Lipinski definition) is 3. The van der Waals surface area contributed by atoms with Gasteiger partial charge in [0.05, 0.1) is 0 Å². The molecule has 3 fully saturated rings. The van der Waals surface area contributed by atoms with Gasteiger partial charge in [-0.2, -0.15) is 0 Å². The fourth-order valence-corrected chi connectivity index (χ4v) is 5.72. The van der Waals surface area contributed by atoms with Crippen LogP contribution in [0.4, 0.5) is 0 Å². The molecule has 0 saturated heterocycles. The van der Waals surface area contributed by atoms with E-state index in [-0.39, 0.29) is 29.2 Å². The van der Waals surface area contributed by atoms with Crippen LogP contribution in [0.3, 0.4) is 0 Å². The van der Waals surface area contributed by atoms with E-state index in [2.05, 4.69) is 6.92 Å². The second-order valence-electron chi connectivity index (χ2n) is 7.90. The van der Waals surface area contributed by atoms with Gasteiger partial charge < -0.3 is 0 Å². The van der Waals surface area contributed by atoms with Crippen LogP contribution in [-0.2, 0) is 14.4 Å². The summed E-state index contributed by atoms with van der Waals surface area (Å²) in [4.78, 5) is 37.7. The number of ketones is 3. The molecule has 3 nitrogen and oxygen atoms in total. The molecule has 0 aromatic heterocycles. The Hall–Kier alpha value is -0.990. The Morgan fingerprint density at radius 3 is 2.38 bits per heavy atom. The summed E-state index contributed by atoms with van der Waals surface area (Å²) in [5.41, 5.74) is -0.923. The second kappa shape index (κ2) is 4.76. The average molecular weight is 290 g/mol. The molecule has 0 radical (unpaired) electrons. The first-order chi connectivity index (χ1) is 9.84. The lowest BCUT2D eigenvalue weighted by molar-refractivity contribution is -0.159. The summed E-state index contributed by atoms with van der Waals surface area (Å²) in [6.45, 7) is 6.08. The summed E-state index contributed by atoms with van der Waals surface area (Å²) in [7, 11) is 0. The van der Waals surface area contributed by atoms with Crippen molar-refractivity contribution in [3.05, 3.63) is 0 Å². The molecule has 0 spiro atoms. The van der Waals surface area contributed by atoms with Crippen LogP contribution in [0.2, 0.25) is 0 Å². The third kappa shape index (κ3) is 1.89. The monoisotopic (exact) mass is 290 g/mol. The molecule has 0 amide bonds. The summed E-state index contributed by atoms with van der Waals surface area (Å²) in [6.07, 6.45) is 5.03. The molecule has 3 saturated carbocycles. The summed E-state index contributed by atoms with van der Waals surface area (Å²) in [5, 5.41) is 0. The Balaban J connectivity index is 2.01. The highest BCUT2D eigenvalue weighted by Crippen LogP contribution is 2.60. The Kier molecular flexibility index (Phi) is 3.38. The van der Waals surface area contributed by atoms with Crippen molar-refractivity contribution >= 4 is 17.3 Å². The SMILES string of the molecule is CCCC1(C)C(=O)CCC2C3CCC(=O)C3(C)CC(=O)C21. The van der Waals surface area contributed by atoms with E-state index in [9.17, 15) is 14.4 Å². The second-order valence-corrected chi connectivity index (χ2v) is 7.90. The lowest BCUT2D eigenvalue weighted by Crippen LogP contribution is -2.56. The van der Waals surface area contributed by atoms with Gasteiger partial charge in [0, 0.05) is 36.0 Å². The lowest BCUT2D eigenvalue weighted by atomic mass is 9.49. The zero-order valence-corrected chi connectivity index (χ0v) is 13.4. The van der Waals surface area contributed by atoms with Crippen molar-refractivity contribution in [2.45, 2.75) is 65.7 Å². The number of carbonyl (C=O) groups is 3. The smallest absolute Gasteiger partial charge is 0.139 e. The molecule has 116 valence electrons. The fraction of sp³-hybridized carbons (Fsp3) is 0.833. The number of rotatable bonds is 2. The molecule has 0 aliphatic heterocycles. The number of carbonyl (C=O) groups excluding carboxylic acids is 3. The Labute approximate surface area is 126 Å². The van der Waals surface area contributed by atoms with Crippen LogP contribution in [0, 0.1) is 28.6 Å². The van der Waals surface area contributed by atoms with Crippen LogP contribution in [0.1, 0.15) is 65.7 Å². The quantitative estimate of drug-likeness (QED) is 0.783. The molecular formula is C18H26O3. The van der Waals surface area contributed by atoms with Gasteiger partial charge in [0.15, 0.2) is 0 Å². The molecule has 0 aromatic carbocycles. The van der Waals surface area contributed by atoms with Crippen LogP contribution in [0.5, 0.6) is 0 Å². The van der Waals surface area contributed by atoms with Crippen molar-refractivity contribution in [2.24, 2.45) is 28.6 Å². The first-order valence-corrected chi connectivity index (χ1v) is 8.44. The van der Waals surface area contributed by atoms with E-state index < -0.39 is 10.8 Å². The summed E-state index contributed by atoms with van der Waals surface area (Å²) < 4.78 is 0. The minimum atomic E-state index is -0.484. The normalized spacial score (nSPS) is 46.4. The van der Waals surface area contributed by atoms with E-state index in [1.807, 2.05) is 13.8 Å². The van der Waals surface area contributed by atoms with E-state index >= 15 is 0 Å². The third-order valence-electron chi connectivity index (χ3n) is 6.77. The standard InChI is InChI=1S/C18H26O3/c1-4-9-17(2)14(20)7-5-11-12-6-8-15(21)18(12,3)10-13(19)16(11)17/h11-12,16H,4-10H2,1-3H3. The third-order valence-corrected chi connectivity index (χ3v) is 6.77. The molecule has 0 heterocycles. The zero-order valence-electron chi connectivity index (χ0n) is 13.4. The maximum absolute atomic E-state index is 12.9. The number of fused-ring (bicyclic) bond motifs is 3. The van der Waals surface area contributed by atoms with Crippen molar-refractivity contribution in [1.82, 2.24) is 0 Å². The molecule has 0 aromatic rings. The Bertz CT molecular complexity index is 509. The lowest BCUT2D eigenvalue weighted by Gasteiger charge is -2.53. The maximum Gasteiger partial charge on any atom is 0.139 e. The van der Waals surface area contributed by atoms with Gasteiger partial charge in [-0.25, -0.2) is 0 Å². The van der Waals surface area contributed by atoms with E-state index in [0.717, 1.165) is 25.7 Å². The van der Waals surface area contributed by atoms with Crippen LogP contribution in [-0.4, -0.2) is 17.3 Å². The van der Waals surface area contributed by atoms with Crippen LogP contribution >= 0.6 is 0 Å². The maximum atomic E-state index is 12.9. The molecule has 0 N–H and O–H groups in total. The zero-order chi connectivity index (χ0) is 15.4. The molecule has 3 aliphatic rings. The Morgan fingerprint density at radius 2 is 1.71 bits per heavy atom. The van der Waals surface area contributed by atoms with Crippen molar-refractivity contribution in [3.63, 3.8) is 0 Å². The highest BCUT2D eigenvalue weighted by atomic mass is 16.1. The first kappa shape index (κ1) is 14.9. The topological polar surface area (TPSA) is 51.2 Å². The molecule has 3 rings (SSSR count). The molecule has 0 bridgehead atoms. The van der Waals surface area contributed by atoms with E-state index in [4.69, 9.17) is 0 Å². The summed E-state index contributed by atoms with van der Waals surface area (Å²) in [6, 6.07) is 0. The summed E-state index contributed by atoms with van der Waals surface area (Å²) in [5.74, 6) is 1.15. The van der Waals surface area contributed by atoms with Crippen LogP contribution in [0.15, 0.2) is 0 Å². The largest absolute Gasteiger partial charge is 0.299 e. The van der Waals surface area contributed by atoms with Crippen LogP contribution in [0.25, 0.3) is 0 Å². The molecular weight excluding hydrogens is 264 g/mol. The highest BCUT2D eigenvalue weighted by molar-refractivity contribution is 5.99. The predicted octanol–water partition coefficient (Wildman–Crippen LogP) is 3.35. The Morgan fingerprint density at radius 1 is 1.05 bits per heavy atom. The summed E-state index contributed by atoms with van der Waals surface area (Å²) >= 11 is 0. The van der Waals surface area contributed by atoms with Crippen molar-refractivity contribution in [2.75, 3.05) is 0 Å². The molecule has 3 heteroatoms. The van der Waals surface area contributed by atoms with E-state index in [1.165, 1.54) is 0 Å². The average Bonchev–Trinajstić information content (AvgIpc) is 2.70. The fourth-order valence-electron chi connectivity index (χ4n) is 5.72. The van der Waals surface area contributed by atoms with Crippen molar-refractivity contribution < 1.29 is 14.4 Å². The predicted molar refractivity (Wildman–Crippen MR) is 79.7 cm³/mol. The van der Waals surface area contributed by atoms with Gasteiger partial charge in [-0.15, -0.1) is 0 Å². The van der Waals surface area contributed by atoms with Gasteiger partial charge in [-0.05, 0) is 31.1 Å². The van der Waals surface area contributed by atoms with Gasteiger partial charge in [-0.1, -0.05) is 27.2 Å². The highest BCUT2D eigenvalue weighted by Gasteiger charge is 2.62. The van der Waals surface area contributed by atoms with Crippen molar-refractivity contribution in [1.29, 1.82) is 0 Å². The molecule has 21 heavy (non-hydrogen) atoms. The van der Waals surface area contributed by atoms with Crippen LogP contribution < -0.4 is 0 Å². The van der Waals surface area contributed by atoms with Gasteiger partial charge in [0.2, 0.25) is 0 Å². The minimum Gasteiger partial charge on any atom is -0.299 e. The van der Waals surface area contributed by atoms with Gasteiger partial charge in [-0.3, -0.25) is 14.4 Å². The molecule has 3 aliphatic carbocycles. The number of Topliss-reactive ketones (excluding diaryl/α,β-unsaturated/α-hetero) is 3. The van der Waals surface area contributed by atoms with Gasteiger partial charge >= 0.3 is 0 Å². The number of hydrogen-bond donors (Lipinski definition) is 0. The van der Waals surface area contributed by atoms with Gasteiger partial charge in [0.1, 0.15) is 17.3 Å². The van der Waals surface area contributed by atoms with E-state index in [1.54, 1.807) is 0 Å².